The van der Waals surface area contributed by atoms with Crippen LogP contribution in [-0.2, 0) is 22.6 Å². The fourth-order valence-corrected chi connectivity index (χ4v) is 1.96. The fourth-order valence-electron chi connectivity index (χ4n) is 1.96. The molecule has 1 saturated carbocycles. The Balaban J connectivity index is 1.64. The molecule has 2 aliphatic rings. The second-order valence-corrected chi connectivity index (χ2v) is 4.62. The Bertz CT molecular complexity index is 440. The lowest BCUT2D eigenvalue weighted by atomic mass is 10.1. The summed E-state index contributed by atoms with van der Waals surface area (Å²) in [5.41, 5.74) is 1.98. The highest BCUT2D eigenvalue weighted by molar-refractivity contribution is 5.74. The molecule has 17 heavy (non-hydrogen) atoms. The van der Waals surface area contributed by atoms with E-state index in [0.717, 1.165) is 43.7 Å². The summed E-state index contributed by atoms with van der Waals surface area (Å²) < 4.78 is 10.7. The van der Waals surface area contributed by atoms with Gasteiger partial charge in [-0.25, -0.2) is 0 Å². The molecule has 3 rings (SSSR count). The number of hydrogen-bond donors (Lipinski definition) is 0. The Kier molecular flexibility index (Phi) is 2.71. The van der Waals surface area contributed by atoms with Gasteiger partial charge in [0.2, 0.25) is 0 Å². The second-order valence-electron chi connectivity index (χ2n) is 4.62. The van der Waals surface area contributed by atoms with E-state index < -0.39 is 0 Å². The molecule has 0 saturated heterocycles. The van der Waals surface area contributed by atoms with Gasteiger partial charge in [0.25, 0.3) is 0 Å². The van der Waals surface area contributed by atoms with Gasteiger partial charge in [0, 0.05) is 0 Å². The first-order chi connectivity index (χ1) is 8.33. The van der Waals surface area contributed by atoms with Crippen molar-refractivity contribution < 1.29 is 14.3 Å². The van der Waals surface area contributed by atoms with Crippen LogP contribution in [0.2, 0.25) is 0 Å². The van der Waals surface area contributed by atoms with Crippen LogP contribution in [0.25, 0.3) is 0 Å². The first-order valence-electron chi connectivity index (χ1n) is 6.10. The van der Waals surface area contributed by atoms with Crippen LogP contribution >= 0.6 is 0 Å². The molecule has 0 radical (unpaired) electrons. The zero-order chi connectivity index (χ0) is 11.7. The van der Waals surface area contributed by atoms with Crippen molar-refractivity contribution in [2.75, 3.05) is 6.61 Å². The van der Waals surface area contributed by atoms with Gasteiger partial charge >= 0.3 is 5.97 Å². The maximum atomic E-state index is 11.4. The molecule has 1 aliphatic carbocycles. The molecule has 1 fully saturated rings. The number of rotatable bonds is 3. The van der Waals surface area contributed by atoms with Crippen LogP contribution in [0.15, 0.2) is 12.3 Å². The number of ether oxygens (including phenoxy) is 2. The number of nitrogens with zero attached hydrogens (tertiary/aromatic N) is 1. The van der Waals surface area contributed by atoms with E-state index in [4.69, 9.17) is 9.47 Å². The molecule has 1 aliphatic heterocycles. The van der Waals surface area contributed by atoms with Crippen molar-refractivity contribution in [1.29, 1.82) is 0 Å². The van der Waals surface area contributed by atoms with Crippen molar-refractivity contribution in [2.45, 2.75) is 32.3 Å². The first kappa shape index (κ1) is 10.6. The van der Waals surface area contributed by atoms with E-state index in [1.165, 1.54) is 5.56 Å². The number of pyridine rings is 1. The van der Waals surface area contributed by atoms with E-state index in [1.807, 2.05) is 6.07 Å². The van der Waals surface area contributed by atoms with Gasteiger partial charge in [-0.15, -0.1) is 0 Å². The van der Waals surface area contributed by atoms with Gasteiger partial charge in [0.15, 0.2) is 0 Å². The van der Waals surface area contributed by atoms with Crippen molar-refractivity contribution in [3.8, 4) is 5.75 Å². The summed E-state index contributed by atoms with van der Waals surface area (Å²) in [7, 11) is 0. The fraction of sp³-hybridized carbons (Fsp3) is 0.538. The van der Waals surface area contributed by atoms with Gasteiger partial charge in [-0.1, -0.05) is 0 Å². The quantitative estimate of drug-likeness (QED) is 0.748. The third kappa shape index (κ3) is 2.40. The van der Waals surface area contributed by atoms with E-state index in [9.17, 15) is 4.79 Å². The standard InChI is InChI=1S/C13H15NO3/c15-13(9-3-4-9)17-8-11-6-10-2-1-5-16-12(10)7-14-11/h6-7,9H,1-5,8H2. The van der Waals surface area contributed by atoms with Crippen molar-refractivity contribution in [1.82, 2.24) is 4.98 Å². The smallest absolute Gasteiger partial charge is 0.309 e. The minimum absolute atomic E-state index is 0.0826. The molecule has 0 bridgehead atoms. The average Bonchev–Trinajstić information content (AvgIpc) is 3.20. The molecule has 0 atom stereocenters. The molecule has 0 unspecified atom stereocenters. The third-order valence-corrected chi connectivity index (χ3v) is 3.13. The number of aryl methyl sites for hydroxylation is 1. The zero-order valence-corrected chi connectivity index (χ0v) is 9.65. The minimum Gasteiger partial charge on any atom is -0.492 e. The van der Waals surface area contributed by atoms with E-state index in [0.29, 0.717) is 0 Å². The number of esters is 1. The molecule has 90 valence electrons. The first-order valence-corrected chi connectivity index (χ1v) is 6.10. The number of fused-ring (bicyclic) bond motifs is 1. The Hall–Kier alpha value is -1.58. The predicted molar refractivity (Wildman–Crippen MR) is 60.6 cm³/mol. The highest BCUT2D eigenvalue weighted by Crippen LogP contribution is 2.30. The largest absolute Gasteiger partial charge is 0.492 e. The van der Waals surface area contributed by atoms with Crippen LogP contribution in [0.4, 0.5) is 0 Å². The summed E-state index contributed by atoms with van der Waals surface area (Å²) in [6, 6.07) is 1.98. The Morgan fingerprint density at radius 2 is 2.41 bits per heavy atom. The molecule has 0 amide bonds. The maximum Gasteiger partial charge on any atom is 0.309 e. The Morgan fingerprint density at radius 1 is 1.53 bits per heavy atom. The van der Waals surface area contributed by atoms with Gasteiger partial charge in [0.1, 0.15) is 12.4 Å². The van der Waals surface area contributed by atoms with Crippen LogP contribution in [0.5, 0.6) is 5.75 Å². The monoisotopic (exact) mass is 233 g/mol. The lowest BCUT2D eigenvalue weighted by molar-refractivity contribution is -0.146. The van der Waals surface area contributed by atoms with Crippen LogP contribution in [-0.4, -0.2) is 17.6 Å². The molecular formula is C13H15NO3. The summed E-state index contributed by atoms with van der Waals surface area (Å²) in [5.74, 6) is 0.935. The SMILES string of the molecule is O=C(OCc1cc2c(cn1)OCCC2)C1CC1. The molecular weight excluding hydrogens is 218 g/mol. The Labute approximate surface area is 99.9 Å². The van der Waals surface area contributed by atoms with Gasteiger partial charge in [-0.05, 0) is 37.3 Å². The van der Waals surface area contributed by atoms with Crippen LogP contribution < -0.4 is 4.74 Å². The summed E-state index contributed by atoms with van der Waals surface area (Å²) in [5, 5.41) is 0. The van der Waals surface area contributed by atoms with Crippen molar-refractivity contribution in [2.24, 2.45) is 5.92 Å². The van der Waals surface area contributed by atoms with E-state index in [-0.39, 0.29) is 18.5 Å². The molecule has 0 aromatic carbocycles. The van der Waals surface area contributed by atoms with Gasteiger partial charge in [-0.2, -0.15) is 0 Å². The molecule has 0 spiro atoms. The minimum atomic E-state index is -0.0826. The maximum absolute atomic E-state index is 11.4. The normalized spacial score (nSPS) is 18.1. The lowest BCUT2D eigenvalue weighted by Gasteiger charge is -2.17. The van der Waals surface area contributed by atoms with Crippen molar-refractivity contribution in [3.05, 3.63) is 23.5 Å². The highest BCUT2D eigenvalue weighted by Gasteiger charge is 2.31. The molecule has 2 heterocycles. The number of carbonyl (C=O) groups excluding carboxylic acids is 1. The summed E-state index contributed by atoms with van der Waals surface area (Å²) >= 11 is 0. The van der Waals surface area contributed by atoms with Crippen molar-refractivity contribution >= 4 is 5.97 Å². The molecule has 0 N–H and O–H groups in total. The number of carbonyl (C=O) groups is 1. The van der Waals surface area contributed by atoms with Crippen molar-refractivity contribution in [3.63, 3.8) is 0 Å². The van der Waals surface area contributed by atoms with Crippen LogP contribution in [0, 0.1) is 5.92 Å². The topological polar surface area (TPSA) is 48.4 Å². The predicted octanol–water partition coefficient (Wildman–Crippen LogP) is 1.86. The lowest BCUT2D eigenvalue weighted by Crippen LogP contribution is -2.11. The average molecular weight is 233 g/mol. The zero-order valence-electron chi connectivity index (χ0n) is 9.65. The van der Waals surface area contributed by atoms with Gasteiger partial charge in [0.05, 0.1) is 24.4 Å². The third-order valence-electron chi connectivity index (χ3n) is 3.13. The molecule has 4 heteroatoms. The van der Waals surface area contributed by atoms with Gasteiger partial charge < -0.3 is 9.47 Å². The summed E-state index contributed by atoms with van der Waals surface area (Å²) in [4.78, 5) is 15.6. The van der Waals surface area contributed by atoms with Gasteiger partial charge in [-0.3, -0.25) is 9.78 Å². The van der Waals surface area contributed by atoms with E-state index in [1.54, 1.807) is 6.20 Å². The number of hydrogen-bond acceptors (Lipinski definition) is 4. The van der Waals surface area contributed by atoms with Crippen LogP contribution in [0.1, 0.15) is 30.5 Å². The number of aromatic nitrogens is 1. The molecule has 4 nitrogen and oxygen atoms in total. The Morgan fingerprint density at radius 3 is 3.24 bits per heavy atom. The highest BCUT2D eigenvalue weighted by atomic mass is 16.5. The van der Waals surface area contributed by atoms with Crippen LogP contribution in [0.3, 0.4) is 0 Å². The molecule has 1 aromatic rings. The van der Waals surface area contributed by atoms with E-state index in [2.05, 4.69) is 4.98 Å². The summed E-state index contributed by atoms with van der Waals surface area (Å²) in [6.45, 7) is 1.05. The van der Waals surface area contributed by atoms with E-state index >= 15 is 0 Å². The second kappa shape index (κ2) is 4.35. The summed E-state index contributed by atoms with van der Waals surface area (Å²) in [6.07, 6.45) is 5.74. The molecule has 1 aromatic heterocycles.